The molecular formula is C22H22O8. The van der Waals surface area contributed by atoms with Crippen LogP contribution in [0.5, 0.6) is 0 Å². The summed E-state index contributed by atoms with van der Waals surface area (Å²) in [6.07, 6.45) is -4.27. The molecule has 0 aliphatic carbocycles. The van der Waals surface area contributed by atoms with Crippen molar-refractivity contribution in [3.63, 3.8) is 0 Å². The van der Waals surface area contributed by atoms with Gasteiger partial charge in [0.25, 0.3) is 0 Å². The average Bonchev–Trinajstić information content (AvgIpc) is 3.04. The monoisotopic (exact) mass is 414 g/mol. The summed E-state index contributed by atoms with van der Waals surface area (Å²) in [7, 11) is 1.45. The normalized spacial score (nSPS) is 22.9. The maximum atomic E-state index is 12.6. The van der Waals surface area contributed by atoms with E-state index in [2.05, 4.69) is 0 Å². The van der Waals surface area contributed by atoms with E-state index < -0.39 is 42.5 Å². The summed E-state index contributed by atoms with van der Waals surface area (Å²) in [5.74, 6) is -1.93. The van der Waals surface area contributed by atoms with Crippen LogP contribution in [0.25, 0.3) is 0 Å². The number of hydrogen-bond donors (Lipinski definition) is 0. The summed E-state index contributed by atoms with van der Waals surface area (Å²) >= 11 is 0. The van der Waals surface area contributed by atoms with Gasteiger partial charge in [-0.2, -0.15) is 0 Å². The first-order valence-corrected chi connectivity index (χ1v) is 9.33. The summed E-state index contributed by atoms with van der Waals surface area (Å²) in [5.41, 5.74) is 0.611. The van der Waals surface area contributed by atoms with Crippen LogP contribution in [0.2, 0.25) is 0 Å². The summed E-state index contributed by atoms with van der Waals surface area (Å²) in [4.78, 5) is 36.8. The largest absolute Gasteiger partial charge is 0.452 e. The van der Waals surface area contributed by atoms with Gasteiger partial charge in [-0.25, -0.2) is 9.59 Å². The van der Waals surface area contributed by atoms with Crippen molar-refractivity contribution in [2.75, 3.05) is 13.7 Å². The second kappa shape index (κ2) is 10.00. The molecule has 8 nitrogen and oxygen atoms in total. The Morgan fingerprint density at radius 2 is 1.30 bits per heavy atom. The number of carbonyl (C=O) groups excluding carboxylic acids is 3. The van der Waals surface area contributed by atoms with Gasteiger partial charge < -0.3 is 23.7 Å². The van der Waals surface area contributed by atoms with Gasteiger partial charge in [0, 0.05) is 14.0 Å². The Bertz CT molecular complexity index is 867. The quantitative estimate of drug-likeness (QED) is 0.503. The van der Waals surface area contributed by atoms with Crippen LogP contribution in [0.4, 0.5) is 0 Å². The Hall–Kier alpha value is -3.23. The van der Waals surface area contributed by atoms with Crippen LogP contribution >= 0.6 is 0 Å². The van der Waals surface area contributed by atoms with Crippen molar-refractivity contribution in [3.8, 4) is 0 Å². The number of methoxy groups -OCH3 is 1. The van der Waals surface area contributed by atoms with Crippen molar-refractivity contribution in [3.05, 3.63) is 71.8 Å². The SMILES string of the molecule is COC[C@H]1O[C@@H](OC(C)=O)[C@H](OC(=O)c2ccccc2)[C@@H]1OC(=O)c1ccccc1. The third kappa shape index (κ3) is 5.22. The highest BCUT2D eigenvalue weighted by Crippen LogP contribution is 2.29. The van der Waals surface area contributed by atoms with Crippen LogP contribution in [0.1, 0.15) is 27.6 Å². The number of ether oxygens (including phenoxy) is 5. The molecule has 0 N–H and O–H groups in total. The van der Waals surface area contributed by atoms with Gasteiger partial charge in [0.2, 0.25) is 12.4 Å². The highest BCUT2D eigenvalue weighted by molar-refractivity contribution is 5.90. The number of esters is 3. The minimum atomic E-state index is -1.25. The Kier molecular flexibility index (Phi) is 7.16. The fourth-order valence-electron chi connectivity index (χ4n) is 3.05. The Morgan fingerprint density at radius 1 is 0.800 bits per heavy atom. The summed E-state index contributed by atoms with van der Waals surface area (Å²) < 4.78 is 27.2. The van der Waals surface area contributed by atoms with Crippen molar-refractivity contribution in [1.82, 2.24) is 0 Å². The number of benzene rings is 2. The molecule has 1 fully saturated rings. The van der Waals surface area contributed by atoms with Crippen molar-refractivity contribution < 1.29 is 38.1 Å². The minimum Gasteiger partial charge on any atom is -0.452 e. The molecule has 0 unspecified atom stereocenters. The van der Waals surface area contributed by atoms with Gasteiger partial charge >= 0.3 is 17.9 Å². The second-order valence-corrected chi connectivity index (χ2v) is 6.58. The standard InChI is InChI=1S/C22H22O8/c1-14(23)27-22-19(30-21(25)16-11-7-4-8-12-16)18(17(28-22)13-26-2)29-20(24)15-9-5-3-6-10-15/h3-12,17-19,22H,13H2,1-2H3/t17-,18-,19-,22-/m1/s1. The maximum Gasteiger partial charge on any atom is 0.338 e. The topological polar surface area (TPSA) is 97.4 Å². The van der Waals surface area contributed by atoms with Crippen LogP contribution in [0.3, 0.4) is 0 Å². The minimum absolute atomic E-state index is 0.0316. The van der Waals surface area contributed by atoms with E-state index >= 15 is 0 Å². The lowest BCUT2D eigenvalue weighted by Gasteiger charge is -2.23. The molecule has 0 aromatic heterocycles. The lowest BCUT2D eigenvalue weighted by molar-refractivity contribution is -0.188. The van der Waals surface area contributed by atoms with E-state index in [0.717, 1.165) is 0 Å². The molecule has 0 amide bonds. The Labute approximate surface area is 173 Å². The third-order valence-corrected chi connectivity index (χ3v) is 4.39. The fourth-order valence-corrected chi connectivity index (χ4v) is 3.05. The van der Waals surface area contributed by atoms with Crippen molar-refractivity contribution >= 4 is 17.9 Å². The zero-order chi connectivity index (χ0) is 21.5. The first-order valence-electron chi connectivity index (χ1n) is 9.33. The second-order valence-electron chi connectivity index (χ2n) is 6.58. The molecule has 0 bridgehead atoms. The molecule has 1 aliphatic heterocycles. The van der Waals surface area contributed by atoms with Crippen LogP contribution in [-0.4, -0.2) is 56.2 Å². The molecular weight excluding hydrogens is 392 g/mol. The molecule has 8 heteroatoms. The molecule has 2 aromatic carbocycles. The average molecular weight is 414 g/mol. The molecule has 1 heterocycles. The molecule has 0 saturated carbocycles. The van der Waals surface area contributed by atoms with Gasteiger partial charge in [-0.3, -0.25) is 4.79 Å². The molecule has 1 saturated heterocycles. The third-order valence-electron chi connectivity index (χ3n) is 4.39. The Morgan fingerprint density at radius 3 is 1.77 bits per heavy atom. The number of hydrogen-bond acceptors (Lipinski definition) is 8. The predicted molar refractivity (Wildman–Crippen MR) is 104 cm³/mol. The molecule has 0 radical (unpaired) electrons. The zero-order valence-electron chi connectivity index (χ0n) is 16.6. The molecule has 2 aromatic rings. The van der Waals surface area contributed by atoms with Gasteiger partial charge in [-0.05, 0) is 24.3 Å². The van der Waals surface area contributed by atoms with Gasteiger partial charge in [0.1, 0.15) is 6.10 Å². The smallest absolute Gasteiger partial charge is 0.338 e. The van der Waals surface area contributed by atoms with Crippen molar-refractivity contribution in [2.24, 2.45) is 0 Å². The number of carbonyl (C=O) groups is 3. The van der Waals surface area contributed by atoms with Crippen LogP contribution in [0, 0.1) is 0 Å². The highest BCUT2D eigenvalue weighted by atomic mass is 16.8. The molecule has 30 heavy (non-hydrogen) atoms. The van der Waals surface area contributed by atoms with Crippen LogP contribution < -0.4 is 0 Å². The molecule has 1 aliphatic rings. The fraction of sp³-hybridized carbons (Fsp3) is 0.318. The Balaban J connectivity index is 1.85. The van der Waals surface area contributed by atoms with Crippen LogP contribution in [0.15, 0.2) is 60.7 Å². The van der Waals surface area contributed by atoms with E-state index in [1.165, 1.54) is 14.0 Å². The lowest BCUT2D eigenvalue weighted by atomic mass is 10.1. The summed E-state index contributed by atoms with van der Waals surface area (Å²) in [5, 5.41) is 0. The van der Waals surface area contributed by atoms with Gasteiger partial charge in [-0.1, -0.05) is 36.4 Å². The van der Waals surface area contributed by atoms with E-state index in [0.29, 0.717) is 11.1 Å². The van der Waals surface area contributed by atoms with E-state index in [1.807, 2.05) is 0 Å². The molecule has 0 spiro atoms. The highest BCUT2D eigenvalue weighted by Gasteiger charge is 2.51. The first kappa shape index (κ1) is 21.5. The van der Waals surface area contributed by atoms with Gasteiger partial charge in [0.15, 0.2) is 6.10 Å². The maximum absolute atomic E-state index is 12.6. The van der Waals surface area contributed by atoms with E-state index in [4.69, 9.17) is 23.7 Å². The molecule has 4 atom stereocenters. The van der Waals surface area contributed by atoms with Crippen molar-refractivity contribution in [1.29, 1.82) is 0 Å². The molecule has 158 valence electrons. The van der Waals surface area contributed by atoms with Gasteiger partial charge in [0.05, 0.1) is 17.7 Å². The van der Waals surface area contributed by atoms with Crippen molar-refractivity contribution in [2.45, 2.75) is 31.5 Å². The first-order chi connectivity index (χ1) is 14.5. The predicted octanol–water partition coefficient (Wildman–Crippen LogP) is 2.37. The van der Waals surface area contributed by atoms with E-state index in [9.17, 15) is 14.4 Å². The molecule has 3 rings (SSSR count). The number of rotatable bonds is 7. The summed E-state index contributed by atoms with van der Waals surface area (Å²) in [6, 6.07) is 16.6. The lowest BCUT2D eigenvalue weighted by Crippen LogP contribution is -2.42. The van der Waals surface area contributed by atoms with Gasteiger partial charge in [-0.15, -0.1) is 0 Å². The summed E-state index contributed by atoms with van der Waals surface area (Å²) in [6.45, 7) is 1.23. The van der Waals surface area contributed by atoms with E-state index in [-0.39, 0.29) is 6.61 Å². The van der Waals surface area contributed by atoms with Crippen LogP contribution in [-0.2, 0) is 28.5 Å². The zero-order valence-corrected chi connectivity index (χ0v) is 16.6. The van der Waals surface area contributed by atoms with E-state index in [1.54, 1.807) is 60.7 Å².